The molecule has 0 bridgehead atoms. The van der Waals surface area contributed by atoms with E-state index in [1.165, 1.54) is 28.0 Å². The van der Waals surface area contributed by atoms with Crippen molar-refractivity contribution >= 4 is 23.3 Å². The van der Waals surface area contributed by atoms with Crippen molar-refractivity contribution in [1.29, 1.82) is 5.26 Å². The van der Waals surface area contributed by atoms with Crippen LogP contribution in [0.25, 0.3) is 0 Å². The summed E-state index contributed by atoms with van der Waals surface area (Å²) in [5.41, 5.74) is 0.0382. The number of carbonyl (C=O) groups excluding carboxylic acids is 2. The Labute approximate surface area is 235 Å². The number of hydrogen-bond acceptors (Lipinski definition) is 5. The maximum Gasteiger partial charge on any atom is 0.417 e. The number of urea groups is 1. The summed E-state index contributed by atoms with van der Waals surface area (Å²) < 4.78 is 61.7. The highest BCUT2D eigenvalue weighted by Crippen LogP contribution is 2.42. The van der Waals surface area contributed by atoms with Gasteiger partial charge in [0.15, 0.2) is 0 Å². The molecule has 4 rings (SSSR count). The second kappa shape index (κ2) is 11.7. The summed E-state index contributed by atoms with van der Waals surface area (Å²) in [5.74, 6) is -1.71. The first kappa shape index (κ1) is 30.3. The molecule has 0 spiro atoms. The zero-order valence-electron chi connectivity index (χ0n) is 23.2. The van der Waals surface area contributed by atoms with E-state index in [2.05, 4.69) is 5.48 Å². The topological polar surface area (TPSA) is 94.9 Å². The maximum atomic E-state index is 15.2. The molecule has 1 heterocycles. The quantitative estimate of drug-likeness (QED) is 0.307. The summed E-state index contributed by atoms with van der Waals surface area (Å²) in [5, 5.41) is 9.15. The summed E-state index contributed by atoms with van der Waals surface area (Å²) in [7, 11) is 0. The van der Waals surface area contributed by atoms with Gasteiger partial charge in [0.25, 0.3) is 5.91 Å². The van der Waals surface area contributed by atoms with Gasteiger partial charge in [-0.05, 0) is 76.9 Å². The number of nitriles is 1. The number of nitrogens with one attached hydrogen (secondary N) is 1. The van der Waals surface area contributed by atoms with Crippen LogP contribution in [-0.2, 0) is 15.8 Å². The maximum absolute atomic E-state index is 15.2. The molecule has 3 unspecified atom stereocenters. The van der Waals surface area contributed by atoms with Crippen molar-refractivity contribution in [2.24, 2.45) is 0 Å². The van der Waals surface area contributed by atoms with Gasteiger partial charge in [-0.15, -0.1) is 0 Å². The average Bonchev–Trinajstić information content (AvgIpc) is 3.20. The van der Waals surface area contributed by atoms with Gasteiger partial charge in [-0.25, -0.2) is 14.7 Å². The van der Waals surface area contributed by atoms with Crippen LogP contribution in [0.1, 0.15) is 74.9 Å². The monoisotopic (exact) mass is 576 g/mol. The number of fused-ring (bicyclic) bond motifs is 1. The van der Waals surface area contributed by atoms with Crippen molar-refractivity contribution in [1.82, 2.24) is 5.48 Å². The number of hydrogen-bond donors (Lipinski definition) is 1. The fourth-order valence-electron chi connectivity index (χ4n) is 5.16. The lowest BCUT2D eigenvalue weighted by atomic mass is 9.89. The van der Waals surface area contributed by atoms with Crippen LogP contribution in [0.4, 0.5) is 33.7 Å². The standard InChI is InChI=1S/C29H32F4N4O4/c1-17(16-40-28(2,3)4)41-35-26(38)21-12-11-20(14-23(21)30)37-25-8-6-5-7-24(25)36(27(37)39)19-10-9-18(15-34)22(13-19)29(31,32)33/h9-14,17,24-25H,5-8,16H2,1-4H3,(H,35,38). The molecule has 1 saturated heterocycles. The SMILES string of the molecule is CC(COC(C)(C)C)ONC(=O)c1ccc(N2C(=O)N(c3ccc(C#N)c(C(F)(F)F)c3)C3CCCCC32)cc1F. The van der Waals surface area contributed by atoms with Crippen LogP contribution in [0.3, 0.4) is 0 Å². The number of ether oxygens (including phenoxy) is 1. The van der Waals surface area contributed by atoms with Crippen molar-refractivity contribution < 1.29 is 36.7 Å². The Morgan fingerprint density at radius 2 is 1.66 bits per heavy atom. The van der Waals surface area contributed by atoms with Gasteiger partial charge in [0, 0.05) is 11.4 Å². The molecule has 2 fully saturated rings. The molecule has 2 aromatic carbocycles. The lowest BCUT2D eigenvalue weighted by Crippen LogP contribution is -2.40. The fraction of sp³-hybridized carbons (Fsp3) is 0.483. The third-order valence-electron chi connectivity index (χ3n) is 7.06. The number of amides is 3. The Hall–Kier alpha value is -3.69. The second-order valence-corrected chi connectivity index (χ2v) is 11.2. The first-order chi connectivity index (χ1) is 19.2. The molecule has 1 aliphatic carbocycles. The fourth-order valence-corrected chi connectivity index (χ4v) is 5.16. The van der Waals surface area contributed by atoms with Gasteiger partial charge in [0.2, 0.25) is 0 Å². The number of anilines is 2. The van der Waals surface area contributed by atoms with Crippen molar-refractivity contribution in [3.05, 3.63) is 58.9 Å². The molecular weight excluding hydrogens is 544 g/mol. The normalized spacial score (nSPS) is 20.0. The summed E-state index contributed by atoms with van der Waals surface area (Å²) >= 11 is 0. The molecular formula is C29H32F4N4O4. The van der Waals surface area contributed by atoms with Gasteiger partial charge in [0.1, 0.15) is 11.9 Å². The van der Waals surface area contributed by atoms with E-state index in [4.69, 9.17) is 14.8 Å². The van der Waals surface area contributed by atoms with E-state index in [-0.39, 0.29) is 23.5 Å². The van der Waals surface area contributed by atoms with Gasteiger partial charge in [-0.2, -0.15) is 18.4 Å². The Balaban J connectivity index is 1.56. The third-order valence-corrected chi connectivity index (χ3v) is 7.06. The molecule has 2 aliphatic rings. The smallest absolute Gasteiger partial charge is 0.373 e. The Bertz CT molecular complexity index is 1350. The van der Waals surface area contributed by atoms with Crippen LogP contribution in [0, 0.1) is 17.1 Å². The number of rotatable bonds is 7. The van der Waals surface area contributed by atoms with E-state index in [0.717, 1.165) is 31.0 Å². The Morgan fingerprint density at radius 1 is 1.07 bits per heavy atom. The highest BCUT2D eigenvalue weighted by Gasteiger charge is 2.48. The number of carbonyl (C=O) groups is 2. The van der Waals surface area contributed by atoms with E-state index in [0.29, 0.717) is 12.8 Å². The van der Waals surface area contributed by atoms with Crippen LogP contribution in [0.2, 0.25) is 0 Å². The highest BCUT2D eigenvalue weighted by molar-refractivity contribution is 6.08. The molecule has 3 atom stereocenters. The molecule has 1 N–H and O–H groups in total. The van der Waals surface area contributed by atoms with Gasteiger partial charge in [-0.3, -0.25) is 19.4 Å². The molecule has 1 aliphatic heterocycles. The predicted octanol–water partition coefficient (Wildman–Crippen LogP) is 6.34. The number of hydroxylamine groups is 1. The lowest BCUT2D eigenvalue weighted by Gasteiger charge is -2.32. The third kappa shape index (κ3) is 6.63. The zero-order valence-corrected chi connectivity index (χ0v) is 23.2. The van der Waals surface area contributed by atoms with Crippen molar-refractivity contribution in [2.45, 2.75) is 83.3 Å². The van der Waals surface area contributed by atoms with Crippen LogP contribution in [0.15, 0.2) is 36.4 Å². The van der Waals surface area contributed by atoms with Gasteiger partial charge < -0.3 is 4.74 Å². The molecule has 8 nitrogen and oxygen atoms in total. The van der Waals surface area contributed by atoms with Crippen LogP contribution in [0.5, 0.6) is 0 Å². The molecule has 41 heavy (non-hydrogen) atoms. The molecule has 2 aromatic rings. The van der Waals surface area contributed by atoms with E-state index < -0.39 is 58.8 Å². The minimum absolute atomic E-state index is 0.0129. The number of halogens is 4. The molecule has 0 radical (unpaired) electrons. The summed E-state index contributed by atoms with van der Waals surface area (Å²) in [6.07, 6.45) is -2.61. The molecule has 12 heteroatoms. The molecule has 1 saturated carbocycles. The first-order valence-electron chi connectivity index (χ1n) is 13.3. The minimum atomic E-state index is -4.78. The van der Waals surface area contributed by atoms with E-state index in [9.17, 15) is 22.8 Å². The largest absolute Gasteiger partial charge is 0.417 e. The van der Waals surface area contributed by atoms with E-state index in [1.54, 1.807) is 13.0 Å². The second-order valence-electron chi connectivity index (χ2n) is 11.2. The Morgan fingerprint density at radius 3 is 2.20 bits per heavy atom. The van der Waals surface area contributed by atoms with Gasteiger partial charge >= 0.3 is 12.2 Å². The lowest BCUT2D eigenvalue weighted by molar-refractivity contribution is -0.137. The molecule has 220 valence electrons. The first-order valence-corrected chi connectivity index (χ1v) is 13.3. The number of alkyl halides is 3. The van der Waals surface area contributed by atoms with E-state index >= 15 is 4.39 Å². The highest BCUT2D eigenvalue weighted by atomic mass is 19.4. The van der Waals surface area contributed by atoms with Crippen molar-refractivity contribution in [2.75, 3.05) is 16.4 Å². The van der Waals surface area contributed by atoms with Gasteiger partial charge in [-0.1, -0.05) is 12.8 Å². The summed E-state index contributed by atoms with van der Waals surface area (Å²) in [6.45, 7) is 7.51. The average molecular weight is 577 g/mol. The Kier molecular flexibility index (Phi) is 8.61. The van der Waals surface area contributed by atoms with Crippen LogP contribution >= 0.6 is 0 Å². The summed E-state index contributed by atoms with van der Waals surface area (Å²) in [6, 6.07) is 7.00. The number of benzene rings is 2. The molecule has 0 aromatic heterocycles. The van der Waals surface area contributed by atoms with Crippen molar-refractivity contribution in [3.8, 4) is 6.07 Å². The van der Waals surface area contributed by atoms with Crippen molar-refractivity contribution in [3.63, 3.8) is 0 Å². The number of nitrogens with zero attached hydrogens (tertiary/aromatic N) is 3. The van der Waals surface area contributed by atoms with Gasteiger partial charge in [0.05, 0.1) is 47.1 Å². The van der Waals surface area contributed by atoms with Crippen LogP contribution in [-0.4, -0.2) is 42.3 Å². The molecule has 3 amide bonds. The minimum Gasteiger partial charge on any atom is -0.373 e. The predicted molar refractivity (Wildman–Crippen MR) is 143 cm³/mol. The van der Waals surface area contributed by atoms with Crippen LogP contribution < -0.4 is 15.3 Å². The summed E-state index contributed by atoms with van der Waals surface area (Å²) in [4.78, 5) is 34.2. The zero-order chi connectivity index (χ0) is 30.1. The van der Waals surface area contributed by atoms with E-state index in [1.807, 2.05) is 20.8 Å².